The molecule has 5 heteroatoms. The van der Waals surface area contributed by atoms with E-state index in [4.69, 9.17) is 0 Å². The molecule has 0 spiro atoms. The average Bonchev–Trinajstić information content (AvgIpc) is 3.81. The van der Waals surface area contributed by atoms with Gasteiger partial charge in [0.1, 0.15) is 0 Å². The molecule has 0 unspecified atom stereocenters. The molecule has 2 bridgehead atoms. The summed E-state index contributed by atoms with van der Waals surface area (Å²) in [4.78, 5) is 0. The minimum absolute atomic E-state index is 0. The average molecular weight is 797 g/mol. The summed E-state index contributed by atoms with van der Waals surface area (Å²) in [6, 6.07) is 37.3. The van der Waals surface area contributed by atoms with Gasteiger partial charge in [-0.2, -0.15) is 12.1 Å². The summed E-state index contributed by atoms with van der Waals surface area (Å²) in [5.74, 6) is 2.42. The van der Waals surface area contributed by atoms with E-state index in [1.807, 2.05) is 0 Å². The number of hydrogen-bond donors (Lipinski definition) is 0. The molecule has 0 atom stereocenters. The molecule has 0 saturated heterocycles. The van der Waals surface area contributed by atoms with E-state index >= 15 is 0 Å². The quantitative estimate of drug-likeness (QED) is 0.189. The van der Waals surface area contributed by atoms with Gasteiger partial charge in [0.05, 0.1) is 0 Å². The van der Waals surface area contributed by atoms with Crippen molar-refractivity contribution < 1.29 is 45.3 Å². The molecule has 2 heterocycles. The van der Waals surface area contributed by atoms with Crippen LogP contribution < -0.4 is 45.6 Å². The van der Waals surface area contributed by atoms with Crippen LogP contribution in [0.1, 0.15) is 112 Å². The van der Waals surface area contributed by atoms with Crippen molar-refractivity contribution in [3.63, 3.8) is 0 Å². The van der Waals surface area contributed by atoms with Crippen LogP contribution in [0, 0.1) is 13.8 Å². The van der Waals surface area contributed by atoms with Crippen LogP contribution >= 0.6 is 0 Å². The van der Waals surface area contributed by atoms with Crippen molar-refractivity contribution in [1.82, 2.24) is 0 Å². The molecular weight excluding hydrogens is 747 g/mol. The predicted molar refractivity (Wildman–Crippen MR) is 208 cm³/mol. The van der Waals surface area contributed by atoms with Crippen LogP contribution in [0.25, 0.3) is 21.5 Å². The first kappa shape index (κ1) is 39.8. The van der Waals surface area contributed by atoms with Gasteiger partial charge in [0.2, 0.25) is 0 Å². The van der Waals surface area contributed by atoms with Crippen LogP contribution in [0.4, 0.5) is 0 Å². The molecule has 0 saturated carbocycles. The fourth-order valence-corrected chi connectivity index (χ4v) is 42.5. The summed E-state index contributed by atoms with van der Waals surface area (Å²) < 4.78 is 0. The van der Waals surface area contributed by atoms with Crippen molar-refractivity contribution >= 4 is 53.2 Å². The van der Waals surface area contributed by atoms with Crippen LogP contribution in [-0.4, -0.2) is 10.9 Å². The minimum atomic E-state index is -0.176. The third-order valence-corrected chi connectivity index (χ3v) is 35.2. The Kier molecular flexibility index (Phi) is 13.4. The van der Waals surface area contributed by atoms with Gasteiger partial charge < -0.3 is 24.8 Å². The van der Waals surface area contributed by atoms with Crippen LogP contribution in [-0.2, 0) is 20.5 Å². The third kappa shape index (κ3) is 8.23. The normalized spacial score (nSPS) is 12.2. The number of fused-ring (bicyclic) bond motifs is 8. The van der Waals surface area contributed by atoms with Crippen LogP contribution in [0.5, 0.6) is 0 Å². The molecule has 49 heavy (non-hydrogen) atoms. The van der Waals surface area contributed by atoms with Gasteiger partial charge in [-0.3, -0.25) is 0 Å². The molecule has 2 aliphatic heterocycles. The molecule has 256 valence electrons. The zero-order valence-electron chi connectivity index (χ0n) is 30.8. The zero-order chi connectivity index (χ0) is 33.6. The van der Waals surface area contributed by atoms with Crippen molar-refractivity contribution in [2.24, 2.45) is 0 Å². The zero-order valence-corrected chi connectivity index (χ0v) is 36.8. The van der Waals surface area contributed by atoms with Crippen molar-refractivity contribution in [3.05, 3.63) is 130 Å². The van der Waals surface area contributed by atoms with Gasteiger partial charge in [-0.25, -0.2) is 0 Å². The number of aryl methyl sites for hydroxylation is 2. The fourth-order valence-electron chi connectivity index (χ4n) is 7.19. The molecule has 6 aromatic carbocycles. The number of benzene rings is 4. The third-order valence-electron chi connectivity index (χ3n) is 9.80. The maximum absolute atomic E-state index is 2.41. The molecule has 0 fully saturated rings. The second-order valence-corrected chi connectivity index (χ2v) is 32.4. The molecule has 0 aliphatic carbocycles. The monoisotopic (exact) mass is 794 g/mol. The Balaban J connectivity index is 0.000000162. The Morgan fingerprint density at radius 1 is 0.469 bits per heavy atom. The van der Waals surface area contributed by atoms with E-state index in [1.54, 1.807) is 20.7 Å². The van der Waals surface area contributed by atoms with Gasteiger partial charge in [-0.1, -0.05) is 104 Å². The van der Waals surface area contributed by atoms with Crippen molar-refractivity contribution in [2.75, 3.05) is 0 Å². The fraction of sp³-hybridized carbons (Fsp3) is 0.318. The van der Waals surface area contributed by atoms with Crippen LogP contribution in [0.2, 0.25) is 0 Å². The maximum atomic E-state index is 2.41. The Morgan fingerprint density at radius 2 is 0.796 bits per heavy atom. The molecule has 2 aliphatic rings. The molecule has 0 aromatic heterocycles. The first-order chi connectivity index (χ1) is 22.4. The summed E-state index contributed by atoms with van der Waals surface area (Å²) in [7, 11) is 0. The molecular formula is C44H50Cl2Si2Zr-4. The van der Waals surface area contributed by atoms with E-state index in [0.29, 0.717) is 23.7 Å². The summed E-state index contributed by atoms with van der Waals surface area (Å²) in [5.41, 5.74) is 8.30. The predicted octanol–water partition coefficient (Wildman–Crippen LogP) is 3.54. The molecule has 8 rings (SSSR count). The summed E-state index contributed by atoms with van der Waals surface area (Å²) >= 11 is -0.0931. The van der Waals surface area contributed by atoms with Crippen LogP contribution in [0.15, 0.2) is 97.1 Å². The van der Waals surface area contributed by atoms with E-state index in [2.05, 4.69) is 166 Å². The van der Waals surface area contributed by atoms with Crippen molar-refractivity contribution in [2.45, 2.75) is 92.9 Å². The summed E-state index contributed by atoms with van der Waals surface area (Å²) in [5, 5.41) is 12.9. The van der Waals surface area contributed by atoms with Crippen molar-refractivity contribution in [1.29, 1.82) is 0 Å². The molecule has 0 amide bonds. The molecule has 0 radical (unpaired) electrons. The Labute approximate surface area is 319 Å². The number of halogens is 2. The first-order valence-electron chi connectivity index (χ1n) is 17.5. The number of rotatable bonds is 4. The second-order valence-electron chi connectivity index (χ2n) is 14.9. The van der Waals surface area contributed by atoms with Crippen LogP contribution in [0.3, 0.4) is 0 Å². The van der Waals surface area contributed by atoms with Gasteiger partial charge in [-0.15, -0.1) is 56.9 Å². The topological polar surface area (TPSA) is 0 Å². The van der Waals surface area contributed by atoms with E-state index in [9.17, 15) is 0 Å². The Bertz CT molecular complexity index is 1970. The molecule has 0 nitrogen and oxygen atoms in total. The Hall–Kier alpha value is -2.00. The van der Waals surface area contributed by atoms with Gasteiger partial charge in [0, 0.05) is 0 Å². The van der Waals surface area contributed by atoms with E-state index in [1.165, 1.54) is 54.9 Å². The Morgan fingerprint density at radius 3 is 1.08 bits per heavy atom. The van der Waals surface area contributed by atoms with E-state index in [-0.39, 0.29) is 56.1 Å². The van der Waals surface area contributed by atoms with E-state index in [0.717, 1.165) is 0 Å². The summed E-state index contributed by atoms with van der Waals surface area (Å²) in [6.45, 7) is 22.5. The SMILES string of the molecule is Cc1cc2c(C(C)C)cc(C(C)C)cc2[cH-]1.Cc1cc2c(C(C)C)cc(C(C)C)cc2[cH-]1.[Cl-].[Cl-].c1ccc2c(c1)[Si]1=[Zr]=[Si]2c2ccccc21. The second kappa shape index (κ2) is 16.6. The molecule has 6 aromatic rings. The summed E-state index contributed by atoms with van der Waals surface area (Å²) in [6.07, 6.45) is 0. The van der Waals surface area contributed by atoms with Gasteiger partial charge in [0.25, 0.3) is 0 Å². The number of hydrogen-bond acceptors (Lipinski definition) is 0. The van der Waals surface area contributed by atoms with Gasteiger partial charge in [-0.05, 0) is 23.7 Å². The van der Waals surface area contributed by atoms with Gasteiger partial charge in [0.15, 0.2) is 0 Å². The van der Waals surface area contributed by atoms with E-state index < -0.39 is 0 Å². The standard InChI is InChI=1S/2C16H21.C12H8Si2.2ClH.Zr/c2*1-10(2)13-8-14-6-12(5)7-16(14)15(9-13)11(3)4;1-2-6-10-9(5-1)13-11-7-3-4-8-12(11)14-10;;;/h2*6-11H,1-5H3;1-8H;2*1H;/q2*-1;;;;/p-2. The van der Waals surface area contributed by atoms with Gasteiger partial charge >= 0.3 is 101 Å². The molecule has 0 N–H and O–H groups in total. The first-order valence-corrected chi connectivity index (χ1v) is 27.9. The van der Waals surface area contributed by atoms with Crippen molar-refractivity contribution in [3.8, 4) is 0 Å².